The van der Waals surface area contributed by atoms with E-state index in [1.807, 2.05) is 13.8 Å². The third-order valence-electron chi connectivity index (χ3n) is 3.12. The maximum absolute atomic E-state index is 13.4. The van der Waals surface area contributed by atoms with Gasteiger partial charge in [-0.2, -0.15) is 4.39 Å². The van der Waals surface area contributed by atoms with Crippen LogP contribution in [-0.2, 0) is 0 Å². The number of rotatable bonds is 1. The number of carbonyl (C=O) groups is 1. The first-order valence-electron chi connectivity index (χ1n) is 5.61. The lowest BCUT2D eigenvalue weighted by molar-refractivity contribution is 0.0737. The van der Waals surface area contributed by atoms with Gasteiger partial charge in [0.15, 0.2) is 5.82 Å². The zero-order valence-electron chi connectivity index (χ0n) is 9.78. The molecule has 1 amide bonds. The summed E-state index contributed by atoms with van der Waals surface area (Å²) in [5.74, 6) is -2.45. The molecule has 0 spiro atoms. The van der Waals surface area contributed by atoms with E-state index in [1.165, 1.54) is 6.07 Å². The lowest BCUT2D eigenvalue weighted by atomic mass is 10.1. The van der Waals surface area contributed by atoms with E-state index in [9.17, 15) is 13.6 Å². The Morgan fingerprint density at radius 3 is 2.76 bits per heavy atom. The van der Waals surface area contributed by atoms with E-state index in [0.717, 1.165) is 12.6 Å². The molecule has 2 atom stereocenters. The van der Waals surface area contributed by atoms with E-state index in [-0.39, 0.29) is 11.6 Å². The van der Waals surface area contributed by atoms with Crippen LogP contribution in [0.3, 0.4) is 0 Å². The first-order valence-corrected chi connectivity index (χ1v) is 5.61. The SMILES string of the molecule is CC1CC(C)N(C(=O)c2ccnc(F)c2F)C1. The van der Waals surface area contributed by atoms with Crippen LogP contribution in [0.4, 0.5) is 8.78 Å². The van der Waals surface area contributed by atoms with Gasteiger partial charge in [0.2, 0.25) is 5.95 Å². The van der Waals surface area contributed by atoms with E-state index < -0.39 is 17.7 Å². The minimum Gasteiger partial charge on any atom is -0.336 e. The van der Waals surface area contributed by atoms with Crippen molar-refractivity contribution in [1.82, 2.24) is 9.88 Å². The van der Waals surface area contributed by atoms with Crippen LogP contribution in [0.2, 0.25) is 0 Å². The second kappa shape index (κ2) is 4.39. The number of amides is 1. The number of hydrogen-bond donors (Lipinski definition) is 0. The molecule has 0 N–H and O–H groups in total. The Labute approximate surface area is 98.5 Å². The summed E-state index contributed by atoms with van der Waals surface area (Å²) in [7, 11) is 0. The highest BCUT2D eigenvalue weighted by atomic mass is 19.2. The van der Waals surface area contributed by atoms with Crippen LogP contribution in [-0.4, -0.2) is 28.4 Å². The first-order chi connectivity index (χ1) is 8.00. The molecule has 1 fully saturated rings. The Hall–Kier alpha value is -1.52. The molecule has 1 saturated heterocycles. The van der Waals surface area contributed by atoms with Crippen LogP contribution in [0.1, 0.15) is 30.6 Å². The summed E-state index contributed by atoms with van der Waals surface area (Å²) in [6.07, 6.45) is 2.00. The number of pyridine rings is 1. The average molecular weight is 240 g/mol. The standard InChI is InChI=1S/C12H14F2N2O/c1-7-5-8(2)16(6-7)12(17)9-3-4-15-11(14)10(9)13/h3-4,7-8H,5-6H2,1-2H3. The monoisotopic (exact) mass is 240 g/mol. The first kappa shape index (κ1) is 12.0. The normalized spacial score (nSPS) is 24.1. The molecule has 2 heterocycles. The summed E-state index contributed by atoms with van der Waals surface area (Å²) in [6, 6.07) is 1.28. The van der Waals surface area contributed by atoms with Crippen LogP contribution >= 0.6 is 0 Å². The van der Waals surface area contributed by atoms with Crippen molar-refractivity contribution in [3.63, 3.8) is 0 Å². The second-order valence-electron chi connectivity index (χ2n) is 4.61. The number of aromatic nitrogens is 1. The van der Waals surface area contributed by atoms with E-state index >= 15 is 0 Å². The highest BCUT2D eigenvalue weighted by Crippen LogP contribution is 2.25. The Morgan fingerprint density at radius 1 is 1.47 bits per heavy atom. The van der Waals surface area contributed by atoms with Gasteiger partial charge in [-0.25, -0.2) is 9.37 Å². The summed E-state index contributed by atoms with van der Waals surface area (Å²) < 4.78 is 26.4. The average Bonchev–Trinajstić information content (AvgIpc) is 2.61. The zero-order chi connectivity index (χ0) is 12.6. The van der Waals surface area contributed by atoms with Gasteiger partial charge in [-0.3, -0.25) is 4.79 Å². The van der Waals surface area contributed by atoms with Crippen LogP contribution in [0, 0.1) is 17.7 Å². The molecular formula is C12H14F2N2O. The maximum Gasteiger partial charge on any atom is 0.257 e. The van der Waals surface area contributed by atoms with Gasteiger partial charge >= 0.3 is 0 Å². The van der Waals surface area contributed by atoms with Crippen LogP contribution in [0.25, 0.3) is 0 Å². The number of carbonyl (C=O) groups excluding carboxylic acids is 1. The smallest absolute Gasteiger partial charge is 0.257 e. The summed E-state index contributed by atoms with van der Waals surface area (Å²) in [4.78, 5) is 16.8. The number of hydrogen-bond acceptors (Lipinski definition) is 2. The van der Waals surface area contributed by atoms with Gasteiger partial charge in [0.1, 0.15) is 0 Å². The van der Waals surface area contributed by atoms with E-state index in [4.69, 9.17) is 0 Å². The van der Waals surface area contributed by atoms with Crippen molar-refractivity contribution in [3.8, 4) is 0 Å². The van der Waals surface area contributed by atoms with Gasteiger partial charge in [0.05, 0.1) is 5.56 Å². The van der Waals surface area contributed by atoms with Crippen LogP contribution < -0.4 is 0 Å². The minimum atomic E-state index is -1.23. The second-order valence-corrected chi connectivity index (χ2v) is 4.61. The van der Waals surface area contributed by atoms with E-state index in [0.29, 0.717) is 12.5 Å². The highest BCUT2D eigenvalue weighted by Gasteiger charge is 2.32. The summed E-state index contributed by atoms with van der Waals surface area (Å²) in [5.41, 5.74) is -0.238. The topological polar surface area (TPSA) is 33.2 Å². The molecule has 5 heteroatoms. The van der Waals surface area contributed by atoms with Gasteiger partial charge in [-0.15, -0.1) is 0 Å². The third-order valence-corrected chi connectivity index (χ3v) is 3.12. The molecule has 0 radical (unpaired) electrons. The van der Waals surface area contributed by atoms with Gasteiger partial charge in [0, 0.05) is 18.8 Å². The molecule has 1 aromatic rings. The fourth-order valence-electron chi connectivity index (χ4n) is 2.32. The summed E-state index contributed by atoms with van der Waals surface area (Å²) in [6.45, 7) is 4.54. The highest BCUT2D eigenvalue weighted by molar-refractivity contribution is 5.94. The summed E-state index contributed by atoms with van der Waals surface area (Å²) >= 11 is 0. The van der Waals surface area contributed by atoms with Crippen molar-refractivity contribution in [2.75, 3.05) is 6.54 Å². The van der Waals surface area contributed by atoms with Crippen LogP contribution in [0.15, 0.2) is 12.3 Å². The quantitative estimate of drug-likeness (QED) is 0.705. The zero-order valence-corrected chi connectivity index (χ0v) is 9.78. The molecule has 0 aliphatic carbocycles. The van der Waals surface area contributed by atoms with Gasteiger partial charge in [-0.1, -0.05) is 6.92 Å². The Bertz CT molecular complexity index is 450. The molecule has 1 aliphatic rings. The molecule has 0 bridgehead atoms. The molecule has 2 rings (SSSR count). The Morgan fingerprint density at radius 2 is 2.18 bits per heavy atom. The van der Waals surface area contributed by atoms with E-state index in [1.54, 1.807) is 4.90 Å². The molecular weight excluding hydrogens is 226 g/mol. The molecule has 17 heavy (non-hydrogen) atoms. The number of halogens is 2. The third kappa shape index (κ3) is 2.14. The molecule has 0 aromatic carbocycles. The van der Waals surface area contributed by atoms with Crippen LogP contribution in [0.5, 0.6) is 0 Å². The molecule has 2 unspecified atom stereocenters. The molecule has 1 aliphatic heterocycles. The van der Waals surface area contributed by atoms with Crippen molar-refractivity contribution in [2.24, 2.45) is 5.92 Å². The van der Waals surface area contributed by atoms with Gasteiger partial charge < -0.3 is 4.90 Å². The van der Waals surface area contributed by atoms with Gasteiger partial charge in [0.25, 0.3) is 5.91 Å². The Balaban J connectivity index is 2.29. The lowest BCUT2D eigenvalue weighted by Gasteiger charge is -2.21. The Kier molecular flexibility index (Phi) is 3.09. The predicted molar refractivity (Wildman–Crippen MR) is 58.4 cm³/mol. The largest absolute Gasteiger partial charge is 0.336 e. The van der Waals surface area contributed by atoms with E-state index in [2.05, 4.69) is 4.98 Å². The van der Waals surface area contributed by atoms with Crippen molar-refractivity contribution in [2.45, 2.75) is 26.3 Å². The molecule has 3 nitrogen and oxygen atoms in total. The number of likely N-dealkylation sites (tertiary alicyclic amines) is 1. The lowest BCUT2D eigenvalue weighted by Crippen LogP contribution is -2.34. The predicted octanol–water partition coefficient (Wildman–Crippen LogP) is 2.23. The minimum absolute atomic E-state index is 0.0631. The van der Waals surface area contributed by atoms with Crippen molar-refractivity contribution in [3.05, 3.63) is 29.6 Å². The fraction of sp³-hybridized carbons (Fsp3) is 0.500. The van der Waals surface area contributed by atoms with Crippen molar-refractivity contribution in [1.29, 1.82) is 0 Å². The van der Waals surface area contributed by atoms with Crippen molar-refractivity contribution >= 4 is 5.91 Å². The molecule has 1 aromatic heterocycles. The van der Waals surface area contributed by atoms with Gasteiger partial charge in [-0.05, 0) is 25.3 Å². The maximum atomic E-state index is 13.4. The molecule has 92 valence electrons. The molecule has 0 saturated carbocycles. The fourth-order valence-corrected chi connectivity index (χ4v) is 2.32. The van der Waals surface area contributed by atoms with Crippen molar-refractivity contribution < 1.29 is 13.6 Å². The summed E-state index contributed by atoms with van der Waals surface area (Å²) in [5, 5.41) is 0. The number of nitrogens with zero attached hydrogens (tertiary/aromatic N) is 2.